The topological polar surface area (TPSA) is 106 Å². The molecule has 2 unspecified atom stereocenters. The van der Waals surface area contributed by atoms with Crippen LogP contribution in [0.3, 0.4) is 0 Å². The van der Waals surface area contributed by atoms with E-state index in [1.807, 2.05) is 13.8 Å². The van der Waals surface area contributed by atoms with Crippen molar-refractivity contribution in [3.8, 4) is 0 Å². The number of Topliss-reactive ketones (excluding diaryl/α,β-unsaturated/α-hetero) is 1. The maximum atomic E-state index is 13.4. The van der Waals surface area contributed by atoms with Crippen molar-refractivity contribution in [2.75, 3.05) is 156 Å². The molecule has 0 aliphatic heterocycles. The standard InChI is InChI=1S/C37H77N9O4/c1-13-15-16-38-36(49)33(31-35(48)45(11)27-25-43(9)23-21-41(7)19-17-39(3)4)30-34(47)29-32(14-2)37(50)46(12)28-26-44(10)24-22-42(8)20-18-40(5)6/h32-33H,13-31H2,1-12H3,(H,38,49). The molecule has 0 saturated heterocycles. The largest absolute Gasteiger partial charge is 0.356 e. The van der Waals surface area contributed by atoms with Crippen LogP contribution in [0.2, 0.25) is 0 Å². The molecule has 294 valence electrons. The van der Waals surface area contributed by atoms with Crippen LogP contribution in [-0.4, -0.2) is 218 Å². The lowest BCUT2D eigenvalue weighted by Crippen LogP contribution is -2.41. The van der Waals surface area contributed by atoms with Gasteiger partial charge in [0.1, 0.15) is 5.78 Å². The van der Waals surface area contributed by atoms with Crippen LogP contribution < -0.4 is 5.32 Å². The molecular formula is C37H77N9O4. The van der Waals surface area contributed by atoms with Gasteiger partial charge in [-0.15, -0.1) is 0 Å². The maximum Gasteiger partial charge on any atom is 0.225 e. The number of amides is 3. The van der Waals surface area contributed by atoms with Crippen LogP contribution in [0, 0.1) is 11.8 Å². The third-order valence-electron chi connectivity index (χ3n) is 9.43. The van der Waals surface area contributed by atoms with Gasteiger partial charge in [-0.2, -0.15) is 0 Å². The normalized spacial score (nSPS) is 13.2. The van der Waals surface area contributed by atoms with Gasteiger partial charge in [-0.1, -0.05) is 20.3 Å². The van der Waals surface area contributed by atoms with Crippen molar-refractivity contribution >= 4 is 23.5 Å². The third-order valence-corrected chi connectivity index (χ3v) is 9.43. The van der Waals surface area contributed by atoms with Crippen molar-refractivity contribution < 1.29 is 19.2 Å². The average Bonchev–Trinajstić information content (AvgIpc) is 3.07. The van der Waals surface area contributed by atoms with Crippen molar-refractivity contribution in [3.05, 3.63) is 0 Å². The van der Waals surface area contributed by atoms with Crippen molar-refractivity contribution in [1.29, 1.82) is 0 Å². The second-order valence-electron chi connectivity index (χ2n) is 15.0. The lowest BCUT2D eigenvalue weighted by Gasteiger charge is -2.27. The lowest BCUT2D eigenvalue weighted by atomic mass is 9.90. The zero-order valence-electron chi connectivity index (χ0n) is 34.3. The molecule has 13 nitrogen and oxygen atoms in total. The van der Waals surface area contributed by atoms with Gasteiger partial charge in [0, 0.05) is 124 Å². The summed E-state index contributed by atoms with van der Waals surface area (Å²) in [6.07, 6.45) is 2.30. The first-order chi connectivity index (χ1) is 23.5. The van der Waals surface area contributed by atoms with Crippen molar-refractivity contribution in [3.63, 3.8) is 0 Å². The number of nitrogens with one attached hydrogen (secondary N) is 1. The molecule has 0 saturated carbocycles. The molecular weight excluding hydrogens is 634 g/mol. The number of unbranched alkanes of at least 4 members (excludes halogenated alkanes) is 1. The highest BCUT2D eigenvalue weighted by Crippen LogP contribution is 2.19. The first-order valence-electron chi connectivity index (χ1n) is 18.8. The van der Waals surface area contributed by atoms with Gasteiger partial charge in [0.05, 0.1) is 5.92 Å². The number of carbonyl (C=O) groups excluding carboxylic acids is 4. The van der Waals surface area contributed by atoms with Crippen LogP contribution in [-0.2, 0) is 19.2 Å². The van der Waals surface area contributed by atoms with E-state index in [0.717, 1.165) is 71.7 Å². The molecule has 1 N–H and O–H groups in total. The second-order valence-corrected chi connectivity index (χ2v) is 15.0. The minimum absolute atomic E-state index is 0.0293. The minimum Gasteiger partial charge on any atom is -0.356 e. The summed E-state index contributed by atoms with van der Waals surface area (Å²) >= 11 is 0. The van der Waals surface area contributed by atoms with E-state index >= 15 is 0 Å². The summed E-state index contributed by atoms with van der Waals surface area (Å²) < 4.78 is 0. The molecule has 0 aromatic carbocycles. The number of hydrogen-bond donors (Lipinski definition) is 1. The molecule has 0 fully saturated rings. The molecule has 0 bridgehead atoms. The smallest absolute Gasteiger partial charge is 0.225 e. The molecule has 50 heavy (non-hydrogen) atoms. The monoisotopic (exact) mass is 712 g/mol. The van der Waals surface area contributed by atoms with Gasteiger partial charge < -0.3 is 44.5 Å². The molecule has 0 spiro atoms. The van der Waals surface area contributed by atoms with Crippen molar-refractivity contribution in [2.24, 2.45) is 11.8 Å². The van der Waals surface area contributed by atoms with Gasteiger partial charge in [-0.25, -0.2) is 0 Å². The SMILES string of the molecule is CCCCNC(=O)C(CC(=O)CC(CC)C(=O)N(C)CCN(C)CCN(C)CCN(C)C)CC(=O)N(C)CCN(C)CCN(C)CCN(C)C. The molecule has 0 aliphatic carbocycles. The van der Waals surface area contributed by atoms with Crippen LogP contribution >= 0.6 is 0 Å². The summed E-state index contributed by atoms with van der Waals surface area (Å²) in [6, 6.07) is 0. The molecule has 0 rings (SSSR count). The van der Waals surface area contributed by atoms with Gasteiger partial charge in [-0.05, 0) is 69.2 Å². The highest BCUT2D eigenvalue weighted by molar-refractivity contribution is 5.92. The molecule has 2 atom stereocenters. The Morgan fingerprint density at radius 1 is 0.500 bits per heavy atom. The Bertz CT molecular complexity index is 952. The molecule has 3 amide bonds. The van der Waals surface area contributed by atoms with Crippen molar-refractivity contribution in [1.82, 2.24) is 44.5 Å². The summed E-state index contributed by atoms with van der Waals surface area (Å²) in [5.74, 6) is -1.83. The van der Waals surface area contributed by atoms with E-state index in [0.29, 0.717) is 32.6 Å². The van der Waals surface area contributed by atoms with Crippen LogP contribution in [0.4, 0.5) is 0 Å². The van der Waals surface area contributed by atoms with Crippen LogP contribution in [0.15, 0.2) is 0 Å². The van der Waals surface area contributed by atoms with E-state index in [2.05, 4.69) is 91.1 Å². The van der Waals surface area contributed by atoms with E-state index < -0.39 is 11.8 Å². The first kappa shape index (κ1) is 47.8. The predicted octanol–water partition coefficient (Wildman–Crippen LogP) is 1.05. The number of nitrogens with zero attached hydrogens (tertiary/aromatic N) is 8. The zero-order chi connectivity index (χ0) is 38.2. The Morgan fingerprint density at radius 3 is 1.32 bits per heavy atom. The highest BCUT2D eigenvalue weighted by atomic mass is 16.2. The summed E-state index contributed by atoms with van der Waals surface area (Å²) in [6.45, 7) is 14.8. The Hall–Kier alpha value is -2.16. The van der Waals surface area contributed by atoms with E-state index in [1.165, 1.54) is 0 Å². The molecule has 0 aromatic rings. The fourth-order valence-corrected chi connectivity index (χ4v) is 5.26. The number of likely N-dealkylation sites (N-methyl/N-ethyl adjacent to an activating group) is 8. The average molecular weight is 712 g/mol. The maximum absolute atomic E-state index is 13.4. The van der Waals surface area contributed by atoms with Crippen LogP contribution in [0.5, 0.6) is 0 Å². The number of carbonyl (C=O) groups is 4. The molecule has 0 heterocycles. The van der Waals surface area contributed by atoms with Gasteiger partial charge in [0.2, 0.25) is 17.7 Å². The Balaban J connectivity index is 5.08. The highest BCUT2D eigenvalue weighted by Gasteiger charge is 2.29. The predicted molar refractivity (Wildman–Crippen MR) is 206 cm³/mol. The second kappa shape index (κ2) is 27.5. The van der Waals surface area contributed by atoms with E-state index in [-0.39, 0.29) is 42.8 Å². The summed E-state index contributed by atoms with van der Waals surface area (Å²) in [7, 11) is 20.2. The third kappa shape index (κ3) is 23.3. The molecule has 0 aromatic heterocycles. The van der Waals surface area contributed by atoms with Gasteiger partial charge >= 0.3 is 0 Å². The van der Waals surface area contributed by atoms with Gasteiger partial charge in [0.25, 0.3) is 0 Å². The Labute approximate surface area is 306 Å². The van der Waals surface area contributed by atoms with Gasteiger partial charge in [-0.3, -0.25) is 19.2 Å². The fraction of sp³-hybridized carbons (Fsp3) is 0.892. The molecule has 0 aliphatic rings. The Kier molecular flexibility index (Phi) is 26.3. The zero-order valence-corrected chi connectivity index (χ0v) is 34.3. The lowest BCUT2D eigenvalue weighted by molar-refractivity contribution is -0.139. The van der Waals surface area contributed by atoms with E-state index in [4.69, 9.17) is 0 Å². The Morgan fingerprint density at radius 2 is 0.900 bits per heavy atom. The summed E-state index contributed by atoms with van der Waals surface area (Å²) in [5, 5.41) is 2.93. The quantitative estimate of drug-likeness (QED) is 0.109. The number of rotatable bonds is 30. The molecule has 0 radical (unpaired) electrons. The summed E-state index contributed by atoms with van der Waals surface area (Å²) in [4.78, 5) is 70.0. The van der Waals surface area contributed by atoms with Crippen molar-refractivity contribution in [2.45, 2.75) is 52.4 Å². The summed E-state index contributed by atoms with van der Waals surface area (Å²) in [5.41, 5.74) is 0. The minimum atomic E-state index is -0.757. The molecule has 13 heteroatoms. The van der Waals surface area contributed by atoms with E-state index in [9.17, 15) is 19.2 Å². The number of ketones is 1. The first-order valence-corrected chi connectivity index (χ1v) is 18.8. The van der Waals surface area contributed by atoms with Gasteiger partial charge in [0.15, 0.2) is 0 Å². The number of hydrogen-bond acceptors (Lipinski definition) is 10. The van der Waals surface area contributed by atoms with Crippen LogP contribution in [0.25, 0.3) is 0 Å². The van der Waals surface area contributed by atoms with E-state index in [1.54, 1.807) is 23.9 Å². The van der Waals surface area contributed by atoms with Crippen LogP contribution in [0.1, 0.15) is 52.4 Å². The fourth-order valence-electron chi connectivity index (χ4n) is 5.26.